The van der Waals surface area contributed by atoms with Crippen LogP contribution in [0, 0.1) is 52.3 Å². The number of aliphatic hydroxyl groups excluding tert-OH is 2. The van der Waals surface area contributed by atoms with Crippen LogP contribution in [0.25, 0.3) is 0 Å². The van der Waals surface area contributed by atoms with Gasteiger partial charge < -0.3 is 29.5 Å². The Morgan fingerprint density at radius 1 is 1.07 bits per heavy atom. The fourth-order valence-electron chi connectivity index (χ4n) is 10.2. The molecule has 5 aliphatic rings. The first-order chi connectivity index (χ1) is 19.9. The topological polar surface area (TPSA) is 161 Å². The van der Waals surface area contributed by atoms with Crippen LogP contribution in [0.2, 0.25) is 0 Å². The molecule has 5 rings (SSSR count). The zero-order valence-electron chi connectivity index (χ0n) is 25.5. The van der Waals surface area contributed by atoms with E-state index < -0.39 is 61.1 Å². The summed E-state index contributed by atoms with van der Waals surface area (Å²) < 4.78 is 18.5. The van der Waals surface area contributed by atoms with Gasteiger partial charge in [0.15, 0.2) is 12.4 Å². The number of hydrogen-bond donors (Lipinski definition) is 4. The second kappa shape index (κ2) is 12.2. The molecule has 1 saturated heterocycles. The summed E-state index contributed by atoms with van der Waals surface area (Å²) >= 11 is 0. The summed E-state index contributed by atoms with van der Waals surface area (Å²) in [4.78, 5) is 30.5. The predicted octanol–water partition coefficient (Wildman–Crippen LogP) is 3.80. The fraction of sp³-hybridized carbons (Fsp3) is 0.935. The average Bonchev–Trinajstić information content (AvgIpc) is 3.10. The Hall–Kier alpha value is -1.34. The Balaban J connectivity index is 1.43. The molecular weight excluding hydrogens is 548 g/mol. The van der Waals surface area contributed by atoms with Crippen molar-refractivity contribution in [1.82, 2.24) is 0 Å². The maximum atomic E-state index is 12.8. The molecule has 240 valence electrons. The number of hydrogen-bond acceptors (Lipinski definition) is 10. The summed E-state index contributed by atoms with van der Waals surface area (Å²) in [5, 5.41) is 44.9. The fourth-order valence-corrected chi connectivity index (χ4v) is 10.2. The van der Waals surface area contributed by atoms with Gasteiger partial charge in [0, 0.05) is 17.8 Å². The van der Waals surface area contributed by atoms with Crippen molar-refractivity contribution in [3.05, 3.63) is 0 Å². The van der Waals surface area contributed by atoms with Crippen molar-refractivity contribution in [2.45, 2.75) is 123 Å². The van der Waals surface area contributed by atoms with Crippen LogP contribution in [0.4, 0.5) is 0 Å². The smallest absolute Gasteiger partial charge is 0.306 e. The van der Waals surface area contributed by atoms with E-state index in [1.807, 2.05) is 13.8 Å². The molecule has 42 heavy (non-hydrogen) atoms. The standard InChI is InChI=1S/C31H50O11/c1-15(2)10-24(33)40-26-17(4)25(41-42-37)22(14-32)39-29(26)38-19-11-20(28(35)36)21-8-9-31-12-18(16(3)27(31)34)6-7-23(31)30(21,5)13-19/h15-23,25-27,29,32,34,37H,6-14H2,1-5H3,(H,35,36)/t16?,17-,18?,19?,20?,21?,22?,23?,25?,26?,27?,29?,30?,31?/m1/s1. The highest BCUT2D eigenvalue weighted by atomic mass is 17.5. The number of esters is 1. The van der Waals surface area contributed by atoms with Crippen molar-refractivity contribution >= 4 is 11.9 Å². The first-order valence-electron chi connectivity index (χ1n) is 15.8. The molecule has 4 N–H and O–H groups in total. The lowest BCUT2D eigenvalue weighted by Crippen LogP contribution is -2.61. The maximum Gasteiger partial charge on any atom is 0.306 e. The quantitative estimate of drug-likeness (QED) is 0.132. The zero-order chi connectivity index (χ0) is 30.6. The molecule has 0 aromatic heterocycles. The molecule has 0 amide bonds. The Bertz CT molecular complexity index is 990. The summed E-state index contributed by atoms with van der Waals surface area (Å²) in [6.45, 7) is 9.44. The predicted molar refractivity (Wildman–Crippen MR) is 147 cm³/mol. The summed E-state index contributed by atoms with van der Waals surface area (Å²) in [5.74, 6) is -1.52. The minimum atomic E-state index is -1.09. The van der Waals surface area contributed by atoms with Gasteiger partial charge in [0.1, 0.15) is 12.2 Å². The van der Waals surface area contributed by atoms with Crippen molar-refractivity contribution in [3.8, 4) is 0 Å². The third kappa shape index (κ3) is 5.41. The van der Waals surface area contributed by atoms with E-state index in [4.69, 9.17) is 24.4 Å². The number of aliphatic carboxylic acids is 1. The van der Waals surface area contributed by atoms with Crippen LogP contribution in [-0.4, -0.2) is 75.9 Å². The van der Waals surface area contributed by atoms with E-state index >= 15 is 0 Å². The van der Waals surface area contributed by atoms with Gasteiger partial charge in [-0.3, -0.25) is 9.59 Å². The van der Waals surface area contributed by atoms with Crippen LogP contribution >= 0.6 is 0 Å². The van der Waals surface area contributed by atoms with E-state index in [2.05, 4.69) is 18.9 Å². The normalized spacial score (nSPS) is 48.4. The zero-order valence-corrected chi connectivity index (χ0v) is 25.5. The lowest BCUT2D eigenvalue weighted by Gasteiger charge is -2.62. The van der Waals surface area contributed by atoms with Gasteiger partial charge in [-0.1, -0.05) is 39.7 Å². The number of carboxylic acids is 1. The second-order valence-electron chi connectivity index (χ2n) is 14.7. The molecule has 11 nitrogen and oxygen atoms in total. The largest absolute Gasteiger partial charge is 0.481 e. The van der Waals surface area contributed by atoms with E-state index in [9.17, 15) is 24.9 Å². The van der Waals surface area contributed by atoms with E-state index in [1.54, 1.807) is 6.92 Å². The summed E-state index contributed by atoms with van der Waals surface area (Å²) in [6.07, 6.45) is 0.889. The van der Waals surface area contributed by atoms with Gasteiger partial charge in [0.2, 0.25) is 0 Å². The lowest BCUT2D eigenvalue weighted by atomic mass is 9.43. The minimum absolute atomic E-state index is 0.0272. The van der Waals surface area contributed by atoms with E-state index in [-0.39, 0.29) is 47.0 Å². The first-order valence-corrected chi connectivity index (χ1v) is 15.8. The molecule has 0 radical (unpaired) electrons. The summed E-state index contributed by atoms with van der Waals surface area (Å²) in [7, 11) is 0. The molecule has 5 fully saturated rings. The van der Waals surface area contributed by atoms with Gasteiger partial charge in [-0.05, 0) is 80.0 Å². The highest BCUT2D eigenvalue weighted by Crippen LogP contribution is 2.71. The highest BCUT2D eigenvalue weighted by Gasteiger charge is 2.67. The second-order valence-corrected chi connectivity index (χ2v) is 14.7. The van der Waals surface area contributed by atoms with Crippen LogP contribution in [-0.2, 0) is 33.7 Å². The summed E-state index contributed by atoms with van der Waals surface area (Å²) in [5.41, 5.74) is -0.558. The summed E-state index contributed by atoms with van der Waals surface area (Å²) in [6, 6.07) is 0. The van der Waals surface area contributed by atoms with Gasteiger partial charge in [-0.15, -0.1) is 0 Å². The van der Waals surface area contributed by atoms with Crippen LogP contribution in [0.15, 0.2) is 0 Å². The Kier molecular flexibility index (Phi) is 9.33. The molecule has 13 unspecified atom stereocenters. The molecule has 0 aromatic rings. The van der Waals surface area contributed by atoms with E-state index in [1.165, 1.54) is 0 Å². The van der Waals surface area contributed by atoms with Crippen molar-refractivity contribution in [2.24, 2.45) is 52.3 Å². The number of carbonyl (C=O) groups excluding carboxylic acids is 1. The Morgan fingerprint density at radius 2 is 1.81 bits per heavy atom. The van der Waals surface area contributed by atoms with Crippen LogP contribution < -0.4 is 0 Å². The molecule has 0 aromatic carbocycles. The molecule has 1 aliphatic heterocycles. The Morgan fingerprint density at radius 3 is 2.45 bits per heavy atom. The molecular formula is C31H50O11. The average molecular weight is 599 g/mol. The number of aliphatic hydroxyl groups is 2. The van der Waals surface area contributed by atoms with Crippen molar-refractivity contribution in [3.63, 3.8) is 0 Å². The van der Waals surface area contributed by atoms with Gasteiger partial charge in [0.05, 0.1) is 24.7 Å². The van der Waals surface area contributed by atoms with Gasteiger partial charge >= 0.3 is 11.9 Å². The van der Waals surface area contributed by atoms with Crippen LogP contribution in [0.3, 0.4) is 0 Å². The molecule has 1 heterocycles. The monoisotopic (exact) mass is 598 g/mol. The molecule has 4 aliphatic carbocycles. The van der Waals surface area contributed by atoms with Gasteiger partial charge in [-0.2, -0.15) is 4.89 Å². The van der Waals surface area contributed by atoms with Crippen molar-refractivity contribution in [1.29, 1.82) is 0 Å². The minimum Gasteiger partial charge on any atom is -0.481 e. The molecule has 4 saturated carbocycles. The van der Waals surface area contributed by atoms with Crippen molar-refractivity contribution < 1.29 is 54.3 Å². The highest BCUT2D eigenvalue weighted by molar-refractivity contribution is 5.71. The van der Waals surface area contributed by atoms with Crippen LogP contribution in [0.1, 0.15) is 86.0 Å². The van der Waals surface area contributed by atoms with E-state index in [0.29, 0.717) is 18.8 Å². The number of carbonyl (C=O) groups is 2. The third-order valence-electron chi connectivity index (χ3n) is 12.0. The third-order valence-corrected chi connectivity index (χ3v) is 12.0. The maximum absolute atomic E-state index is 12.8. The molecule has 2 bridgehead atoms. The molecule has 14 atom stereocenters. The van der Waals surface area contributed by atoms with Gasteiger partial charge in [-0.25, -0.2) is 5.26 Å². The lowest BCUT2D eigenvalue weighted by molar-refractivity contribution is -0.524. The SMILES string of the molecule is CC(C)CC(=O)OC1C(OC2CC(C(=O)O)C3CCC45CC(CCC4C3(C)C2)C(C)C5O)OC(CO)C(OOO)[C@H]1C. The molecule has 11 heteroatoms. The van der Waals surface area contributed by atoms with Crippen LogP contribution in [0.5, 0.6) is 0 Å². The van der Waals surface area contributed by atoms with Gasteiger partial charge in [0.25, 0.3) is 0 Å². The number of carboxylic acid groups (broad SMARTS) is 1. The van der Waals surface area contributed by atoms with Crippen molar-refractivity contribution in [2.75, 3.05) is 6.61 Å². The van der Waals surface area contributed by atoms with E-state index in [0.717, 1.165) is 32.1 Å². The number of ether oxygens (including phenoxy) is 3. The Labute approximate surface area is 248 Å². The number of rotatable bonds is 9. The molecule has 1 spiro atoms. The number of fused-ring (bicyclic) bond motifs is 3. The first kappa shape index (κ1) is 32.1.